The molecule has 6 nitrogen and oxygen atoms in total. The fraction of sp³-hybridized carbons (Fsp3) is 0.905. The molecule has 0 aromatic carbocycles. The monoisotopic (exact) mass is 377 g/mol. The molecule has 2 aliphatic heterocycles. The van der Waals surface area contributed by atoms with E-state index < -0.39 is 0 Å². The summed E-state index contributed by atoms with van der Waals surface area (Å²) in [5.41, 5.74) is 0. The first-order chi connectivity index (χ1) is 13.3. The molecule has 1 aliphatic carbocycles. The molecule has 1 saturated carbocycles. The summed E-state index contributed by atoms with van der Waals surface area (Å²) in [4.78, 5) is 21.6. The number of carbonyl (C=O) groups excluding carboxylic acids is 1. The number of nitrogens with one attached hydrogen (secondary N) is 2. The van der Waals surface area contributed by atoms with Crippen LogP contribution in [0.5, 0.6) is 0 Å². The van der Waals surface area contributed by atoms with E-state index in [1.54, 1.807) is 0 Å². The van der Waals surface area contributed by atoms with E-state index in [4.69, 9.17) is 4.99 Å². The van der Waals surface area contributed by atoms with E-state index >= 15 is 0 Å². The van der Waals surface area contributed by atoms with Crippen molar-refractivity contribution in [2.75, 3.05) is 39.3 Å². The Balaban J connectivity index is 1.40. The summed E-state index contributed by atoms with van der Waals surface area (Å²) in [6.07, 6.45) is 11.9. The topological polar surface area (TPSA) is 60.0 Å². The summed E-state index contributed by atoms with van der Waals surface area (Å²) in [6.45, 7) is 7.93. The minimum Gasteiger partial charge on any atom is -0.357 e. The molecule has 6 heteroatoms. The Morgan fingerprint density at radius 1 is 1.11 bits per heavy atom. The van der Waals surface area contributed by atoms with Gasteiger partial charge in [0.15, 0.2) is 5.96 Å². The van der Waals surface area contributed by atoms with Crippen LogP contribution in [-0.4, -0.2) is 73.0 Å². The van der Waals surface area contributed by atoms with Crippen LogP contribution in [0.4, 0.5) is 0 Å². The van der Waals surface area contributed by atoms with Gasteiger partial charge in [-0.2, -0.15) is 0 Å². The van der Waals surface area contributed by atoms with Crippen molar-refractivity contribution in [3.63, 3.8) is 0 Å². The molecule has 2 N–H and O–H groups in total. The first-order valence-corrected chi connectivity index (χ1v) is 11.3. The Morgan fingerprint density at radius 2 is 1.96 bits per heavy atom. The summed E-state index contributed by atoms with van der Waals surface area (Å²) in [7, 11) is 0. The number of hydrogen-bond donors (Lipinski definition) is 2. The SMILES string of the molecule is CCNC(=NCCCN1CCCCCC1=O)NC1CCN(C2CCCC2)C1. The van der Waals surface area contributed by atoms with Gasteiger partial charge in [0.05, 0.1) is 0 Å². The van der Waals surface area contributed by atoms with Crippen LogP contribution in [0.15, 0.2) is 4.99 Å². The minimum absolute atomic E-state index is 0.333. The van der Waals surface area contributed by atoms with E-state index in [0.717, 1.165) is 70.4 Å². The largest absolute Gasteiger partial charge is 0.357 e. The molecule has 27 heavy (non-hydrogen) atoms. The Bertz CT molecular complexity index is 489. The molecule has 0 aromatic heterocycles. The highest BCUT2D eigenvalue weighted by molar-refractivity contribution is 5.80. The Kier molecular flexibility index (Phi) is 8.24. The first-order valence-electron chi connectivity index (χ1n) is 11.3. The number of amides is 1. The molecular formula is C21H39N5O. The van der Waals surface area contributed by atoms with Gasteiger partial charge in [-0.15, -0.1) is 0 Å². The molecule has 2 saturated heterocycles. The zero-order valence-electron chi connectivity index (χ0n) is 17.2. The zero-order chi connectivity index (χ0) is 18.9. The van der Waals surface area contributed by atoms with Gasteiger partial charge in [0, 0.05) is 57.8 Å². The number of guanidine groups is 1. The van der Waals surface area contributed by atoms with Crippen molar-refractivity contribution in [1.82, 2.24) is 20.4 Å². The quantitative estimate of drug-likeness (QED) is 0.406. The number of rotatable bonds is 7. The summed E-state index contributed by atoms with van der Waals surface area (Å²) in [5.74, 6) is 1.28. The molecule has 2 heterocycles. The summed E-state index contributed by atoms with van der Waals surface area (Å²) in [5, 5.41) is 7.04. The van der Waals surface area contributed by atoms with E-state index in [-0.39, 0.29) is 0 Å². The van der Waals surface area contributed by atoms with Crippen LogP contribution in [0.2, 0.25) is 0 Å². The van der Waals surface area contributed by atoms with Gasteiger partial charge in [-0.25, -0.2) is 0 Å². The Hall–Kier alpha value is -1.30. The van der Waals surface area contributed by atoms with Crippen molar-refractivity contribution in [2.45, 2.75) is 83.2 Å². The number of aliphatic imine (C=N–C) groups is 1. The molecule has 3 fully saturated rings. The second kappa shape index (κ2) is 10.9. The van der Waals surface area contributed by atoms with Gasteiger partial charge < -0.3 is 15.5 Å². The highest BCUT2D eigenvalue weighted by Crippen LogP contribution is 2.26. The third-order valence-electron chi connectivity index (χ3n) is 6.27. The van der Waals surface area contributed by atoms with E-state index in [1.165, 1.54) is 45.1 Å². The molecule has 0 spiro atoms. The molecule has 3 rings (SSSR count). The van der Waals surface area contributed by atoms with Crippen LogP contribution in [-0.2, 0) is 4.79 Å². The smallest absolute Gasteiger partial charge is 0.222 e. The summed E-state index contributed by atoms with van der Waals surface area (Å²) in [6, 6.07) is 1.33. The maximum atomic E-state index is 12.1. The van der Waals surface area contributed by atoms with Gasteiger partial charge >= 0.3 is 0 Å². The Morgan fingerprint density at radius 3 is 2.78 bits per heavy atom. The minimum atomic E-state index is 0.333. The lowest BCUT2D eigenvalue weighted by molar-refractivity contribution is -0.130. The lowest BCUT2D eigenvalue weighted by atomic mass is 10.2. The van der Waals surface area contributed by atoms with Crippen LogP contribution in [0.1, 0.15) is 71.1 Å². The van der Waals surface area contributed by atoms with Crippen molar-refractivity contribution >= 4 is 11.9 Å². The molecule has 1 atom stereocenters. The van der Waals surface area contributed by atoms with Crippen LogP contribution in [0.25, 0.3) is 0 Å². The highest BCUT2D eigenvalue weighted by Gasteiger charge is 2.30. The molecule has 0 radical (unpaired) electrons. The van der Waals surface area contributed by atoms with Crippen LogP contribution < -0.4 is 10.6 Å². The van der Waals surface area contributed by atoms with Crippen molar-refractivity contribution in [3.05, 3.63) is 0 Å². The number of likely N-dealkylation sites (tertiary alicyclic amines) is 2. The van der Waals surface area contributed by atoms with Gasteiger partial charge in [-0.05, 0) is 45.4 Å². The van der Waals surface area contributed by atoms with Crippen molar-refractivity contribution < 1.29 is 4.79 Å². The molecule has 0 bridgehead atoms. The van der Waals surface area contributed by atoms with Crippen LogP contribution in [0.3, 0.4) is 0 Å². The predicted octanol–water partition coefficient (Wildman–Crippen LogP) is 2.35. The van der Waals surface area contributed by atoms with Crippen molar-refractivity contribution in [2.24, 2.45) is 4.99 Å². The second-order valence-corrected chi connectivity index (χ2v) is 8.37. The number of hydrogen-bond acceptors (Lipinski definition) is 3. The van der Waals surface area contributed by atoms with E-state index in [1.807, 2.05) is 4.90 Å². The molecular weight excluding hydrogens is 338 g/mol. The summed E-state index contributed by atoms with van der Waals surface area (Å²) < 4.78 is 0. The van der Waals surface area contributed by atoms with Gasteiger partial charge in [0.1, 0.15) is 0 Å². The maximum Gasteiger partial charge on any atom is 0.222 e. The van der Waals surface area contributed by atoms with Crippen LogP contribution in [0, 0.1) is 0 Å². The van der Waals surface area contributed by atoms with E-state index in [9.17, 15) is 4.79 Å². The molecule has 1 unspecified atom stereocenters. The van der Waals surface area contributed by atoms with Gasteiger partial charge in [-0.1, -0.05) is 19.3 Å². The van der Waals surface area contributed by atoms with Crippen molar-refractivity contribution in [1.29, 1.82) is 0 Å². The zero-order valence-corrected chi connectivity index (χ0v) is 17.2. The predicted molar refractivity (Wildman–Crippen MR) is 111 cm³/mol. The normalized spacial score (nSPS) is 25.8. The third kappa shape index (κ3) is 6.37. The standard InChI is InChI=1S/C21H39N5O/c1-2-22-21(23-13-8-15-25-14-7-3-4-11-20(25)27)24-18-12-16-26(17-18)19-9-5-6-10-19/h18-19H,2-17H2,1H3,(H2,22,23,24). The third-order valence-corrected chi connectivity index (χ3v) is 6.27. The highest BCUT2D eigenvalue weighted by atomic mass is 16.2. The van der Waals surface area contributed by atoms with E-state index in [0.29, 0.717) is 11.9 Å². The lowest BCUT2D eigenvalue weighted by Gasteiger charge is -2.24. The molecule has 0 aromatic rings. The van der Waals surface area contributed by atoms with Gasteiger partial charge in [0.25, 0.3) is 0 Å². The lowest BCUT2D eigenvalue weighted by Crippen LogP contribution is -2.45. The first kappa shape index (κ1) is 20.4. The van der Waals surface area contributed by atoms with E-state index in [2.05, 4.69) is 22.5 Å². The summed E-state index contributed by atoms with van der Waals surface area (Å²) >= 11 is 0. The fourth-order valence-corrected chi connectivity index (χ4v) is 4.75. The average Bonchev–Trinajstić information content (AvgIpc) is 3.30. The van der Waals surface area contributed by atoms with Gasteiger partial charge in [-0.3, -0.25) is 14.7 Å². The average molecular weight is 378 g/mol. The molecule has 1 amide bonds. The fourth-order valence-electron chi connectivity index (χ4n) is 4.75. The second-order valence-electron chi connectivity index (χ2n) is 8.37. The number of carbonyl (C=O) groups is 1. The Labute approximate surface area is 165 Å². The van der Waals surface area contributed by atoms with Crippen LogP contribution >= 0.6 is 0 Å². The van der Waals surface area contributed by atoms with Gasteiger partial charge in [0.2, 0.25) is 5.91 Å². The number of nitrogens with zero attached hydrogens (tertiary/aromatic N) is 3. The molecule has 3 aliphatic rings. The molecule has 154 valence electrons. The maximum absolute atomic E-state index is 12.1. The van der Waals surface area contributed by atoms with Crippen molar-refractivity contribution in [3.8, 4) is 0 Å².